The third-order valence-electron chi connectivity index (χ3n) is 1.19. The van der Waals surface area contributed by atoms with Crippen LogP contribution in [-0.2, 0) is 13.6 Å². The number of nitrogens with zero attached hydrogens (tertiary/aromatic N) is 2. The number of aryl methyl sites for hydroxylation is 2. The van der Waals surface area contributed by atoms with Crippen LogP contribution in [-0.4, -0.2) is 15.2 Å². The number of halogens is 4. The Bertz CT molecular complexity index is 239. The molecule has 0 aromatic carbocycles. The third kappa shape index (κ3) is 11.9. The summed E-state index contributed by atoms with van der Waals surface area (Å²) in [5, 5.41) is 0. The zero-order valence-corrected chi connectivity index (χ0v) is 17.1. The molecule has 0 atom stereocenters. The van der Waals surface area contributed by atoms with Gasteiger partial charge in [-0.05, 0) is 6.92 Å². The molecular weight excluding hydrogens is 535 g/mol. The van der Waals surface area contributed by atoms with Crippen LogP contribution in [0.4, 0.5) is 0 Å². The number of imidazole rings is 1. The van der Waals surface area contributed by atoms with Crippen molar-refractivity contribution in [1.82, 2.24) is 4.57 Å². The summed E-state index contributed by atoms with van der Waals surface area (Å²) < 4.78 is 4.16. The number of hydrogen-bond donors (Lipinski definition) is 0. The molecule has 1 aromatic heterocycles. The van der Waals surface area contributed by atoms with Crippen molar-refractivity contribution in [1.29, 1.82) is 0 Å². The molecule has 0 radical (unpaired) electrons. The molecule has 0 aliphatic heterocycles. The predicted octanol–water partition coefficient (Wildman–Crippen LogP) is 3.33. The Hall–Kier alpha value is 2.00. The van der Waals surface area contributed by atoms with Crippen molar-refractivity contribution < 1.29 is 4.57 Å². The van der Waals surface area contributed by atoms with E-state index < -0.39 is 10.7 Å². The molecule has 1 heterocycles. The molecule has 1 rings (SSSR count). The van der Waals surface area contributed by atoms with Crippen LogP contribution in [0.5, 0.6) is 0 Å². The molecule has 2 nitrogen and oxygen atoms in total. The SMILES string of the molecule is CCn1cc[n+](C)c1.[Br][In-]([Br])([Br])[Br]. The van der Waals surface area contributed by atoms with Crippen molar-refractivity contribution in [3.05, 3.63) is 18.7 Å². The fourth-order valence-electron chi connectivity index (χ4n) is 0.689. The molecule has 0 saturated heterocycles. The number of hydrogen-bond acceptors (Lipinski definition) is 0. The average Bonchev–Trinajstić information content (AvgIpc) is 2.31. The van der Waals surface area contributed by atoms with Gasteiger partial charge in [0.1, 0.15) is 12.4 Å². The van der Waals surface area contributed by atoms with Gasteiger partial charge in [-0.15, -0.1) is 0 Å². The van der Waals surface area contributed by atoms with Gasteiger partial charge in [0, 0.05) is 0 Å². The molecule has 0 aliphatic rings. The molecule has 0 bridgehead atoms. The predicted molar refractivity (Wildman–Crippen MR) is 72.7 cm³/mol. The Balaban J connectivity index is 0.000000252. The van der Waals surface area contributed by atoms with Gasteiger partial charge in [0.2, 0.25) is 6.33 Å². The Morgan fingerprint density at radius 1 is 1.31 bits per heavy atom. The van der Waals surface area contributed by atoms with Crippen LogP contribution in [0, 0.1) is 0 Å². The summed E-state index contributed by atoms with van der Waals surface area (Å²) in [6.45, 7) is 3.18. The van der Waals surface area contributed by atoms with E-state index in [-0.39, 0.29) is 0 Å². The Kier molecular flexibility index (Phi) is 8.43. The maximum absolute atomic E-state index is 3.34. The Morgan fingerprint density at radius 3 is 1.92 bits per heavy atom. The van der Waals surface area contributed by atoms with E-state index in [0.29, 0.717) is 0 Å². The molecule has 0 N–H and O–H groups in total. The van der Waals surface area contributed by atoms with Gasteiger partial charge in [-0.1, -0.05) is 0 Å². The molecule has 0 amide bonds. The van der Waals surface area contributed by atoms with Crippen LogP contribution in [0.25, 0.3) is 0 Å². The Morgan fingerprint density at radius 2 is 1.77 bits per heavy atom. The summed E-state index contributed by atoms with van der Waals surface area (Å²) in [4.78, 5) is 0. The van der Waals surface area contributed by atoms with E-state index in [2.05, 4.69) is 73.2 Å². The fraction of sp³-hybridized carbons (Fsp3) is 0.500. The van der Waals surface area contributed by atoms with E-state index in [1.54, 1.807) is 0 Å². The first-order valence-corrected chi connectivity index (χ1v) is 33.3. The second-order valence-electron chi connectivity index (χ2n) is 2.40. The third-order valence-corrected chi connectivity index (χ3v) is 1.19. The summed E-state index contributed by atoms with van der Waals surface area (Å²) in [5.74, 6) is 0. The molecule has 0 unspecified atom stereocenters. The van der Waals surface area contributed by atoms with Gasteiger partial charge in [-0.2, -0.15) is 0 Å². The van der Waals surface area contributed by atoms with Gasteiger partial charge >= 0.3 is 59.8 Å². The van der Waals surface area contributed by atoms with Gasteiger partial charge in [0.25, 0.3) is 0 Å². The minimum atomic E-state index is -2.01. The molecule has 13 heavy (non-hydrogen) atoms. The number of rotatable bonds is 1. The van der Waals surface area contributed by atoms with E-state index in [0.717, 1.165) is 6.54 Å². The van der Waals surface area contributed by atoms with Crippen molar-refractivity contribution in [3.63, 3.8) is 0 Å². The molecule has 0 saturated carbocycles. The summed E-state index contributed by atoms with van der Waals surface area (Å²) in [6.07, 6.45) is 6.14. The molecule has 7 heteroatoms. The summed E-state index contributed by atoms with van der Waals surface area (Å²) in [6, 6.07) is 0. The quantitative estimate of drug-likeness (QED) is 0.479. The monoisotopic (exact) mass is 542 g/mol. The molecular formula is C6H11Br4InN2. The molecule has 1 aromatic rings. The zero-order chi connectivity index (χ0) is 10.5. The van der Waals surface area contributed by atoms with Gasteiger partial charge in [-0.25, -0.2) is 9.13 Å². The average molecular weight is 546 g/mol. The first kappa shape index (κ1) is 15.0. The zero-order valence-electron chi connectivity index (χ0n) is 7.42. The van der Waals surface area contributed by atoms with Crippen LogP contribution in [0.3, 0.4) is 0 Å². The second kappa shape index (κ2) is 7.30. The van der Waals surface area contributed by atoms with Gasteiger partial charge in [-0.3, -0.25) is 0 Å². The van der Waals surface area contributed by atoms with Crippen LogP contribution < -0.4 is 4.57 Å². The van der Waals surface area contributed by atoms with Gasteiger partial charge < -0.3 is 0 Å². The second-order valence-corrected chi connectivity index (χ2v) is 91.5. The van der Waals surface area contributed by atoms with Crippen LogP contribution in [0.1, 0.15) is 6.92 Å². The summed E-state index contributed by atoms with van der Waals surface area (Å²) >= 11 is 13.4. The van der Waals surface area contributed by atoms with E-state index in [1.165, 1.54) is 0 Å². The topological polar surface area (TPSA) is 8.81 Å². The fourth-order valence-corrected chi connectivity index (χ4v) is 0.689. The van der Waals surface area contributed by atoms with Crippen LogP contribution in [0.2, 0.25) is 0 Å². The number of aromatic nitrogens is 2. The molecule has 0 fully saturated rings. The first-order valence-electron chi connectivity index (χ1n) is 3.71. The van der Waals surface area contributed by atoms with Crippen molar-refractivity contribution in [2.75, 3.05) is 0 Å². The van der Waals surface area contributed by atoms with Crippen molar-refractivity contribution in [2.45, 2.75) is 13.5 Å². The van der Waals surface area contributed by atoms with Gasteiger partial charge in [0.15, 0.2) is 0 Å². The standard InChI is InChI=1S/C6H11N2.4BrH.In/c1-3-8-5-4-7(2)6-8;;;;;/h4-6H,3H2,1-2H3;4*1H;/q+1;;;;;+3/p-4. The van der Waals surface area contributed by atoms with E-state index in [1.807, 2.05) is 17.8 Å². The Labute approximate surface area is 106 Å². The molecule has 76 valence electrons. The minimum absolute atomic E-state index is 1.06. The summed E-state index contributed by atoms with van der Waals surface area (Å²) in [7, 11) is 0.0100. The summed E-state index contributed by atoms with van der Waals surface area (Å²) in [5.41, 5.74) is 0. The van der Waals surface area contributed by atoms with E-state index in [9.17, 15) is 0 Å². The maximum atomic E-state index is 3.34. The van der Waals surface area contributed by atoms with Crippen molar-refractivity contribution >= 4 is 59.8 Å². The van der Waals surface area contributed by atoms with Crippen LogP contribution >= 0.6 is 49.2 Å². The molecule has 0 spiro atoms. The van der Waals surface area contributed by atoms with E-state index in [4.69, 9.17) is 0 Å². The van der Waals surface area contributed by atoms with Gasteiger partial charge in [0.05, 0.1) is 13.6 Å². The normalized spacial score (nSPS) is 10.6. The van der Waals surface area contributed by atoms with E-state index >= 15 is 0 Å². The van der Waals surface area contributed by atoms with Crippen LogP contribution in [0.15, 0.2) is 18.7 Å². The van der Waals surface area contributed by atoms with Crippen molar-refractivity contribution in [2.24, 2.45) is 7.05 Å². The first-order chi connectivity index (χ1) is 5.83. The van der Waals surface area contributed by atoms with Crippen molar-refractivity contribution in [3.8, 4) is 0 Å². The molecule has 0 aliphatic carbocycles.